The molecule has 150 valence electrons. The van der Waals surface area contributed by atoms with Gasteiger partial charge in [0.15, 0.2) is 0 Å². The van der Waals surface area contributed by atoms with Gasteiger partial charge in [-0.05, 0) is 30.3 Å². The molecule has 0 bridgehead atoms. The Morgan fingerprint density at radius 3 is 2.50 bits per heavy atom. The molecule has 2 rings (SSSR count). The summed E-state index contributed by atoms with van der Waals surface area (Å²) >= 11 is 0. The van der Waals surface area contributed by atoms with Crippen LogP contribution in [0.25, 0.3) is 0 Å². The maximum Gasteiger partial charge on any atom is 0.421 e. The number of hydrogen-bond acceptors (Lipinski definition) is 4. The molecule has 0 radical (unpaired) electrons. The number of nitrogens with zero attached hydrogens (tertiary/aromatic N) is 1. The number of nitrogens with one attached hydrogen (secondary N) is 2. The van der Waals surface area contributed by atoms with Crippen molar-refractivity contribution >= 4 is 11.8 Å². The molecule has 0 spiro atoms. The topological polar surface area (TPSA) is 89.4 Å². The molecule has 0 aliphatic rings. The standard InChI is InChI=1S/C18H18F3N3O4/c1-28-13-5-2-4-12(10-13)16(26)23-8-7-22-15(25)11-24-9-3-6-14(17(24)27)18(19,20)21/h2-6,9-10H,7-8,11H2,1H3,(H,22,25)(H,23,26). The fourth-order valence-corrected chi connectivity index (χ4v) is 2.33. The summed E-state index contributed by atoms with van der Waals surface area (Å²) in [6.07, 6.45) is -3.69. The van der Waals surface area contributed by atoms with Crippen LogP contribution < -0.4 is 20.9 Å². The molecular weight excluding hydrogens is 379 g/mol. The zero-order chi connectivity index (χ0) is 20.7. The van der Waals surface area contributed by atoms with Crippen molar-refractivity contribution in [3.63, 3.8) is 0 Å². The first-order valence-corrected chi connectivity index (χ1v) is 8.18. The van der Waals surface area contributed by atoms with Crippen LogP contribution in [0.15, 0.2) is 47.4 Å². The number of rotatable bonds is 7. The first kappa shape index (κ1) is 21.0. The van der Waals surface area contributed by atoms with E-state index in [1.165, 1.54) is 7.11 Å². The predicted molar refractivity (Wildman–Crippen MR) is 94.0 cm³/mol. The Kier molecular flexibility index (Phi) is 6.80. The Hall–Kier alpha value is -3.30. The summed E-state index contributed by atoms with van der Waals surface area (Å²) in [6, 6.07) is 8.19. The third kappa shape index (κ3) is 5.60. The second-order valence-corrected chi connectivity index (χ2v) is 5.69. The highest BCUT2D eigenvalue weighted by atomic mass is 19.4. The van der Waals surface area contributed by atoms with E-state index in [1.54, 1.807) is 24.3 Å². The van der Waals surface area contributed by atoms with Gasteiger partial charge < -0.3 is 19.9 Å². The van der Waals surface area contributed by atoms with Crippen LogP contribution in [0, 0.1) is 0 Å². The molecule has 0 saturated carbocycles. The molecule has 1 heterocycles. The van der Waals surface area contributed by atoms with Crippen molar-refractivity contribution in [3.8, 4) is 5.75 Å². The van der Waals surface area contributed by atoms with E-state index in [4.69, 9.17) is 4.74 Å². The summed E-state index contributed by atoms with van der Waals surface area (Å²) in [7, 11) is 1.47. The van der Waals surface area contributed by atoms with Gasteiger partial charge in [0.2, 0.25) is 5.91 Å². The zero-order valence-corrected chi connectivity index (χ0v) is 14.9. The lowest BCUT2D eigenvalue weighted by Gasteiger charge is -2.11. The summed E-state index contributed by atoms with van der Waals surface area (Å²) in [5, 5.41) is 5.01. The van der Waals surface area contributed by atoms with Crippen molar-refractivity contribution < 1.29 is 27.5 Å². The van der Waals surface area contributed by atoms with Crippen LogP contribution in [0.2, 0.25) is 0 Å². The van der Waals surface area contributed by atoms with Crippen LogP contribution in [-0.2, 0) is 17.5 Å². The van der Waals surface area contributed by atoms with Crippen molar-refractivity contribution in [2.75, 3.05) is 20.2 Å². The summed E-state index contributed by atoms with van der Waals surface area (Å²) in [6.45, 7) is -0.423. The quantitative estimate of drug-likeness (QED) is 0.692. The third-order valence-corrected chi connectivity index (χ3v) is 3.70. The lowest BCUT2D eigenvalue weighted by atomic mass is 10.2. The first-order chi connectivity index (χ1) is 13.2. The molecule has 7 nitrogen and oxygen atoms in total. The number of methoxy groups -OCH3 is 1. The molecule has 2 N–H and O–H groups in total. The van der Waals surface area contributed by atoms with E-state index in [0.717, 1.165) is 12.3 Å². The van der Waals surface area contributed by atoms with Crippen molar-refractivity contribution in [2.45, 2.75) is 12.7 Å². The minimum atomic E-state index is -4.79. The number of aromatic nitrogens is 1. The second kappa shape index (κ2) is 9.07. The molecule has 2 amide bonds. The van der Waals surface area contributed by atoms with Gasteiger partial charge in [-0.3, -0.25) is 14.4 Å². The smallest absolute Gasteiger partial charge is 0.421 e. The Labute approximate surface area is 158 Å². The molecule has 0 atom stereocenters. The Bertz CT molecular complexity index is 909. The Morgan fingerprint density at radius 1 is 1.11 bits per heavy atom. The molecule has 2 aromatic rings. The van der Waals surface area contributed by atoms with Crippen LogP contribution in [0.3, 0.4) is 0 Å². The molecule has 0 aliphatic carbocycles. The lowest BCUT2D eigenvalue weighted by Crippen LogP contribution is -2.38. The number of hydrogen-bond donors (Lipinski definition) is 2. The van der Waals surface area contributed by atoms with E-state index in [9.17, 15) is 27.6 Å². The average Bonchev–Trinajstić information content (AvgIpc) is 2.65. The molecule has 0 fully saturated rings. The number of benzene rings is 1. The van der Waals surface area contributed by atoms with E-state index in [-0.39, 0.29) is 19.0 Å². The molecule has 1 aromatic carbocycles. The van der Waals surface area contributed by atoms with Gasteiger partial charge in [0.1, 0.15) is 17.9 Å². The van der Waals surface area contributed by atoms with Gasteiger partial charge >= 0.3 is 6.18 Å². The highest BCUT2D eigenvalue weighted by Gasteiger charge is 2.34. The molecule has 0 unspecified atom stereocenters. The molecular formula is C18H18F3N3O4. The predicted octanol–water partition coefficient (Wildman–Crippen LogP) is 1.42. The van der Waals surface area contributed by atoms with Crippen LogP contribution in [-0.4, -0.2) is 36.6 Å². The van der Waals surface area contributed by atoms with Gasteiger partial charge in [0.25, 0.3) is 11.5 Å². The first-order valence-electron chi connectivity index (χ1n) is 8.18. The number of halogens is 3. The highest BCUT2D eigenvalue weighted by molar-refractivity contribution is 5.94. The number of ether oxygens (including phenoxy) is 1. The molecule has 0 aliphatic heterocycles. The van der Waals surface area contributed by atoms with Gasteiger partial charge in [-0.2, -0.15) is 13.2 Å². The Morgan fingerprint density at radius 2 is 1.82 bits per heavy atom. The number of alkyl halides is 3. The van der Waals surface area contributed by atoms with Crippen LogP contribution >= 0.6 is 0 Å². The summed E-state index contributed by atoms with van der Waals surface area (Å²) in [4.78, 5) is 35.6. The molecule has 1 aromatic heterocycles. The maximum atomic E-state index is 12.7. The van der Waals surface area contributed by atoms with Gasteiger partial charge in [-0.1, -0.05) is 6.07 Å². The monoisotopic (exact) mass is 397 g/mol. The van der Waals surface area contributed by atoms with Gasteiger partial charge in [-0.25, -0.2) is 0 Å². The Balaban J connectivity index is 1.83. The summed E-state index contributed by atoms with van der Waals surface area (Å²) in [5.41, 5.74) is -2.26. The van der Waals surface area contributed by atoms with Crippen molar-refractivity contribution in [1.29, 1.82) is 0 Å². The minimum absolute atomic E-state index is 0.0439. The fraction of sp³-hybridized carbons (Fsp3) is 0.278. The van der Waals surface area contributed by atoms with Crippen molar-refractivity contribution in [1.82, 2.24) is 15.2 Å². The summed E-state index contributed by atoms with van der Waals surface area (Å²) in [5.74, 6) is -0.508. The van der Waals surface area contributed by atoms with Gasteiger partial charge in [0.05, 0.1) is 7.11 Å². The number of pyridine rings is 1. The van der Waals surface area contributed by atoms with E-state index in [1.807, 2.05) is 0 Å². The van der Waals surface area contributed by atoms with Gasteiger partial charge in [-0.15, -0.1) is 0 Å². The van der Waals surface area contributed by atoms with Crippen LogP contribution in [0.4, 0.5) is 13.2 Å². The molecule has 10 heteroatoms. The van der Waals surface area contributed by atoms with E-state index < -0.39 is 29.8 Å². The SMILES string of the molecule is COc1cccc(C(=O)NCCNC(=O)Cn2cccc(C(F)(F)F)c2=O)c1. The number of amides is 2. The zero-order valence-electron chi connectivity index (χ0n) is 14.9. The van der Waals surface area contributed by atoms with Gasteiger partial charge in [0, 0.05) is 24.8 Å². The van der Waals surface area contributed by atoms with Crippen LogP contribution in [0.1, 0.15) is 15.9 Å². The van der Waals surface area contributed by atoms with Crippen LogP contribution in [0.5, 0.6) is 5.75 Å². The number of carbonyl (C=O) groups is 2. The highest BCUT2D eigenvalue weighted by Crippen LogP contribution is 2.25. The lowest BCUT2D eigenvalue weighted by molar-refractivity contribution is -0.139. The third-order valence-electron chi connectivity index (χ3n) is 3.70. The maximum absolute atomic E-state index is 12.7. The van der Waals surface area contributed by atoms with E-state index >= 15 is 0 Å². The minimum Gasteiger partial charge on any atom is -0.497 e. The van der Waals surface area contributed by atoms with E-state index in [0.29, 0.717) is 21.9 Å². The average molecular weight is 397 g/mol. The number of carbonyl (C=O) groups excluding carboxylic acids is 2. The van der Waals surface area contributed by atoms with Crippen molar-refractivity contribution in [3.05, 3.63) is 64.1 Å². The normalized spacial score (nSPS) is 11.0. The molecule has 0 saturated heterocycles. The van der Waals surface area contributed by atoms with E-state index in [2.05, 4.69) is 10.6 Å². The largest absolute Gasteiger partial charge is 0.497 e. The van der Waals surface area contributed by atoms with Crippen molar-refractivity contribution in [2.24, 2.45) is 0 Å². The molecule has 28 heavy (non-hydrogen) atoms. The second-order valence-electron chi connectivity index (χ2n) is 5.69. The fourth-order valence-electron chi connectivity index (χ4n) is 2.33. The summed E-state index contributed by atoms with van der Waals surface area (Å²) < 4.78 is 43.8.